The van der Waals surface area contributed by atoms with E-state index in [1.165, 1.54) is 6.07 Å². The second-order valence-corrected chi connectivity index (χ2v) is 4.70. The first-order valence-corrected chi connectivity index (χ1v) is 5.98. The van der Waals surface area contributed by atoms with Gasteiger partial charge in [0.25, 0.3) is 6.43 Å². The molecular weight excluding hydrogens is 259 g/mol. The van der Waals surface area contributed by atoms with Crippen LogP contribution in [-0.4, -0.2) is 30.6 Å². The van der Waals surface area contributed by atoms with Crippen LogP contribution in [0.25, 0.3) is 0 Å². The predicted molar refractivity (Wildman–Crippen MR) is 63.9 cm³/mol. The lowest BCUT2D eigenvalue weighted by Crippen LogP contribution is -2.48. The van der Waals surface area contributed by atoms with E-state index in [1.807, 2.05) is 0 Å². The number of anilines is 1. The normalized spacial score (nSPS) is 18.6. The van der Waals surface area contributed by atoms with Crippen LogP contribution < -0.4 is 4.90 Å². The Balaban J connectivity index is 2.15. The van der Waals surface area contributed by atoms with E-state index in [0.717, 1.165) is 0 Å². The summed E-state index contributed by atoms with van der Waals surface area (Å²) in [5.41, 5.74) is -1.67. The highest BCUT2D eigenvalue weighted by molar-refractivity contribution is 5.75. The molecule has 0 amide bonds. The van der Waals surface area contributed by atoms with Gasteiger partial charge in [0.05, 0.1) is 5.69 Å². The van der Waals surface area contributed by atoms with E-state index in [1.54, 1.807) is 23.1 Å². The Labute approximate surface area is 108 Å². The monoisotopic (exact) mass is 273 g/mol. The third kappa shape index (κ3) is 2.39. The summed E-state index contributed by atoms with van der Waals surface area (Å²) >= 11 is 0. The van der Waals surface area contributed by atoms with Crippen molar-refractivity contribution >= 4 is 11.7 Å². The van der Waals surface area contributed by atoms with Gasteiger partial charge in [0, 0.05) is 13.1 Å². The number of hydrogen-bond acceptors (Lipinski definition) is 2. The van der Waals surface area contributed by atoms with Crippen molar-refractivity contribution in [1.82, 2.24) is 0 Å². The van der Waals surface area contributed by atoms with Gasteiger partial charge in [-0.25, -0.2) is 13.2 Å². The van der Waals surface area contributed by atoms with Gasteiger partial charge in [-0.2, -0.15) is 0 Å². The minimum Gasteiger partial charge on any atom is -0.481 e. The number of alkyl halides is 2. The first-order valence-electron chi connectivity index (χ1n) is 5.98. The van der Waals surface area contributed by atoms with Crippen LogP contribution in [0.2, 0.25) is 0 Å². The van der Waals surface area contributed by atoms with Crippen LogP contribution in [0.1, 0.15) is 12.8 Å². The molecule has 2 rings (SSSR count). The number of halogens is 3. The van der Waals surface area contributed by atoms with Gasteiger partial charge in [0.15, 0.2) is 0 Å². The van der Waals surface area contributed by atoms with E-state index < -0.39 is 23.6 Å². The molecule has 0 aromatic heterocycles. The summed E-state index contributed by atoms with van der Waals surface area (Å²) in [4.78, 5) is 12.7. The molecule has 1 saturated heterocycles. The highest BCUT2D eigenvalue weighted by Crippen LogP contribution is 2.39. The zero-order valence-electron chi connectivity index (χ0n) is 10.2. The molecule has 0 saturated carbocycles. The van der Waals surface area contributed by atoms with Crippen LogP contribution >= 0.6 is 0 Å². The summed E-state index contributed by atoms with van der Waals surface area (Å²) < 4.78 is 39.5. The van der Waals surface area contributed by atoms with Crippen LogP contribution in [0.4, 0.5) is 18.9 Å². The zero-order chi connectivity index (χ0) is 14.0. The molecule has 0 aliphatic carbocycles. The highest BCUT2D eigenvalue weighted by Gasteiger charge is 2.49. The van der Waals surface area contributed by atoms with Crippen LogP contribution in [0.3, 0.4) is 0 Å². The van der Waals surface area contributed by atoms with Crippen molar-refractivity contribution in [3.63, 3.8) is 0 Å². The van der Waals surface area contributed by atoms with Gasteiger partial charge in [-0.15, -0.1) is 0 Å². The summed E-state index contributed by atoms with van der Waals surface area (Å²) in [5, 5.41) is 9.00. The first kappa shape index (κ1) is 13.7. The number of rotatable bonds is 3. The van der Waals surface area contributed by atoms with E-state index in [-0.39, 0.29) is 25.9 Å². The van der Waals surface area contributed by atoms with E-state index in [0.29, 0.717) is 5.69 Å². The molecule has 3 nitrogen and oxygen atoms in total. The Hall–Kier alpha value is -1.72. The third-order valence-electron chi connectivity index (χ3n) is 3.69. The molecule has 1 aromatic carbocycles. The van der Waals surface area contributed by atoms with Gasteiger partial charge >= 0.3 is 5.97 Å². The van der Waals surface area contributed by atoms with E-state index in [9.17, 15) is 18.0 Å². The van der Waals surface area contributed by atoms with Gasteiger partial charge in [-0.05, 0) is 25.0 Å². The number of piperidine rings is 1. The molecule has 19 heavy (non-hydrogen) atoms. The zero-order valence-corrected chi connectivity index (χ0v) is 10.2. The molecular formula is C13H14F3NO2. The van der Waals surface area contributed by atoms with Gasteiger partial charge in [-0.1, -0.05) is 12.1 Å². The standard InChI is InChI=1S/C13H14F3NO2/c14-9-3-1-2-4-10(9)17-7-5-13(6-8-17,11(15)16)12(18)19/h1-4,11H,5-8H2,(H,18,19). The maximum atomic E-state index is 13.6. The number of para-hydroxylation sites is 1. The Morgan fingerprint density at radius 2 is 1.84 bits per heavy atom. The van der Waals surface area contributed by atoms with Gasteiger partial charge < -0.3 is 10.0 Å². The van der Waals surface area contributed by atoms with Crippen molar-refractivity contribution in [2.75, 3.05) is 18.0 Å². The first-order chi connectivity index (χ1) is 8.97. The fraction of sp³-hybridized carbons (Fsp3) is 0.462. The van der Waals surface area contributed by atoms with Crippen LogP contribution in [0, 0.1) is 11.2 Å². The predicted octanol–water partition coefficient (Wildman–Crippen LogP) is 2.76. The Bertz CT molecular complexity index is 471. The number of nitrogens with zero attached hydrogens (tertiary/aromatic N) is 1. The molecule has 0 spiro atoms. The van der Waals surface area contributed by atoms with Crippen molar-refractivity contribution in [3.8, 4) is 0 Å². The summed E-state index contributed by atoms with van der Waals surface area (Å²) in [6, 6.07) is 6.06. The van der Waals surface area contributed by atoms with Crippen LogP contribution in [0.5, 0.6) is 0 Å². The second kappa shape index (κ2) is 5.11. The van der Waals surface area contributed by atoms with Gasteiger partial charge in [-0.3, -0.25) is 4.79 Å². The lowest BCUT2D eigenvalue weighted by atomic mass is 9.78. The van der Waals surface area contributed by atoms with Crippen molar-refractivity contribution in [2.45, 2.75) is 19.3 Å². The Morgan fingerprint density at radius 3 is 2.32 bits per heavy atom. The van der Waals surface area contributed by atoms with Gasteiger partial charge in [0.1, 0.15) is 11.2 Å². The Morgan fingerprint density at radius 1 is 1.26 bits per heavy atom. The number of hydrogen-bond donors (Lipinski definition) is 1. The fourth-order valence-electron chi connectivity index (χ4n) is 2.38. The minimum atomic E-state index is -2.91. The summed E-state index contributed by atoms with van der Waals surface area (Å²) in [6.07, 6.45) is -3.28. The van der Waals surface area contributed by atoms with Crippen LogP contribution in [-0.2, 0) is 4.79 Å². The highest BCUT2D eigenvalue weighted by atomic mass is 19.3. The van der Waals surface area contributed by atoms with Gasteiger partial charge in [0.2, 0.25) is 0 Å². The Kier molecular flexibility index (Phi) is 3.68. The van der Waals surface area contributed by atoms with Crippen molar-refractivity contribution in [3.05, 3.63) is 30.1 Å². The SMILES string of the molecule is O=C(O)C1(C(F)F)CCN(c2ccccc2F)CC1. The second-order valence-electron chi connectivity index (χ2n) is 4.70. The summed E-state index contributed by atoms with van der Waals surface area (Å²) in [5.74, 6) is -1.90. The van der Waals surface area contributed by atoms with Crippen LogP contribution in [0.15, 0.2) is 24.3 Å². The topological polar surface area (TPSA) is 40.5 Å². The number of carboxylic acid groups (broad SMARTS) is 1. The average molecular weight is 273 g/mol. The minimum absolute atomic E-state index is 0.109. The van der Waals surface area contributed by atoms with Crippen molar-refractivity contribution < 1.29 is 23.1 Å². The third-order valence-corrected chi connectivity index (χ3v) is 3.69. The lowest BCUT2D eigenvalue weighted by molar-refractivity contribution is -0.161. The van der Waals surface area contributed by atoms with E-state index in [2.05, 4.69) is 0 Å². The molecule has 1 aliphatic rings. The molecule has 1 aromatic rings. The molecule has 104 valence electrons. The summed E-state index contributed by atoms with van der Waals surface area (Å²) in [7, 11) is 0. The van der Waals surface area contributed by atoms with E-state index >= 15 is 0 Å². The largest absolute Gasteiger partial charge is 0.481 e. The molecule has 0 unspecified atom stereocenters. The smallest absolute Gasteiger partial charge is 0.315 e. The molecule has 1 N–H and O–H groups in total. The molecule has 0 bridgehead atoms. The molecule has 6 heteroatoms. The maximum absolute atomic E-state index is 13.6. The van der Waals surface area contributed by atoms with Crippen molar-refractivity contribution in [2.24, 2.45) is 5.41 Å². The number of benzene rings is 1. The molecule has 0 atom stereocenters. The quantitative estimate of drug-likeness (QED) is 0.920. The average Bonchev–Trinajstić information content (AvgIpc) is 2.39. The van der Waals surface area contributed by atoms with Crippen molar-refractivity contribution in [1.29, 1.82) is 0 Å². The molecule has 1 fully saturated rings. The maximum Gasteiger partial charge on any atom is 0.315 e. The lowest BCUT2D eigenvalue weighted by Gasteiger charge is -2.39. The molecule has 1 heterocycles. The number of carboxylic acids is 1. The fourth-order valence-corrected chi connectivity index (χ4v) is 2.38. The number of carbonyl (C=O) groups is 1. The molecule has 0 radical (unpaired) electrons. The molecule has 1 aliphatic heterocycles. The number of aliphatic carboxylic acids is 1. The summed E-state index contributed by atoms with van der Waals surface area (Å²) in [6.45, 7) is 0.217. The van der Waals surface area contributed by atoms with E-state index in [4.69, 9.17) is 5.11 Å².